The Bertz CT molecular complexity index is 288. The lowest BCUT2D eigenvalue weighted by Crippen LogP contribution is -2.37. The van der Waals surface area contributed by atoms with E-state index in [4.69, 9.17) is 4.74 Å². The molecule has 1 heterocycles. The summed E-state index contributed by atoms with van der Waals surface area (Å²) in [5.41, 5.74) is 0. The Morgan fingerprint density at radius 1 is 1.53 bits per heavy atom. The molecule has 1 saturated heterocycles. The minimum Gasteiger partial charge on any atom is -0.455 e. The van der Waals surface area contributed by atoms with Gasteiger partial charge in [-0.25, -0.2) is 4.79 Å². The van der Waals surface area contributed by atoms with Gasteiger partial charge in [0.05, 0.1) is 5.92 Å². The number of carbonyl (C=O) groups is 3. The summed E-state index contributed by atoms with van der Waals surface area (Å²) < 4.78 is 4.72. The zero-order valence-corrected chi connectivity index (χ0v) is 8.78. The highest BCUT2D eigenvalue weighted by atomic mass is 16.5. The molecule has 84 valence electrons. The smallest absolute Gasteiger partial charge is 0.324 e. The third kappa shape index (κ3) is 2.93. The fourth-order valence-corrected chi connectivity index (χ4v) is 1.09. The highest BCUT2D eigenvalue weighted by Gasteiger charge is 2.26. The molecule has 6 heteroatoms. The van der Waals surface area contributed by atoms with Crippen LogP contribution in [0.3, 0.4) is 0 Å². The van der Waals surface area contributed by atoms with E-state index in [2.05, 4.69) is 5.32 Å². The first-order valence-corrected chi connectivity index (χ1v) is 4.77. The molecule has 0 aromatic heterocycles. The molecule has 3 amide bonds. The molecule has 1 aliphatic rings. The van der Waals surface area contributed by atoms with Crippen molar-refractivity contribution < 1.29 is 19.1 Å². The van der Waals surface area contributed by atoms with Gasteiger partial charge in [0, 0.05) is 13.1 Å². The Labute approximate surface area is 87.6 Å². The largest absolute Gasteiger partial charge is 0.455 e. The lowest BCUT2D eigenvalue weighted by Gasteiger charge is -2.12. The van der Waals surface area contributed by atoms with Gasteiger partial charge in [0.2, 0.25) is 0 Å². The molecule has 0 unspecified atom stereocenters. The van der Waals surface area contributed by atoms with Gasteiger partial charge in [0.15, 0.2) is 6.61 Å². The van der Waals surface area contributed by atoms with Crippen molar-refractivity contribution in [1.29, 1.82) is 0 Å². The van der Waals surface area contributed by atoms with Crippen molar-refractivity contribution in [3.63, 3.8) is 0 Å². The number of carbonyl (C=O) groups excluding carboxylic acids is 3. The van der Waals surface area contributed by atoms with Crippen LogP contribution in [0, 0.1) is 5.92 Å². The number of nitrogens with one attached hydrogen (secondary N) is 1. The Hall–Kier alpha value is -1.59. The van der Waals surface area contributed by atoms with Crippen LogP contribution in [-0.4, -0.2) is 42.5 Å². The molecule has 0 bridgehead atoms. The van der Waals surface area contributed by atoms with E-state index in [0.29, 0.717) is 13.1 Å². The number of ether oxygens (including phenoxy) is 1. The SMILES string of the molecule is CC(C)C(=O)OCC(=O)N1CCNC1=O. The fraction of sp³-hybridized carbons (Fsp3) is 0.667. The number of hydrogen-bond donors (Lipinski definition) is 1. The van der Waals surface area contributed by atoms with Crippen LogP contribution in [-0.2, 0) is 14.3 Å². The number of urea groups is 1. The number of rotatable bonds is 3. The summed E-state index contributed by atoms with van der Waals surface area (Å²) in [4.78, 5) is 34.5. The second-order valence-electron chi connectivity index (χ2n) is 3.54. The molecule has 15 heavy (non-hydrogen) atoms. The summed E-state index contributed by atoms with van der Waals surface area (Å²) in [5.74, 6) is -1.20. The summed E-state index contributed by atoms with van der Waals surface area (Å²) in [6.07, 6.45) is 0. The summed E-state index contributed by atoms with van der Waals surface area (Å²) in [6, 6.07) is -0.430. The number of nitrogens with zero attached hydrogens (tertiary/aromatic N) is 1. The van der Waals surface area contributed by atoms with Gasteiger partial charge in [0.1, 0.15) is 0 Å². The predicted molar refractivity (Wildman–Crippen MR) is 50.9 cm³/mol. The normalized spacial score (nSPS) is 15.4. The molecule has 0 aromatic carbocycles. The predicted octanol–water partition coefficient (Wildman–Crippen LogP) is -0.263. The van der Waals surface area contributed by atoms with Crippen LogP contribution >= 0.6 is 0 Å². The Kier molecular flexibility index (Phi) is 3.65. The van der Waals surface area contributed by atoms with Gasteiger partial charge in [0.25, 0.3) is 5.91 Å². The number of amides is 3. The third-order valence-electron chi connectivity index (χ3n) is 1.97. The molecule has 0 saturated carbocycles. The molecule has 1 aliphatic heterocycles. The van der Waals surface area contributed by atoms with E-state index < -0.39 is 17.9 Å². The molecule has 0 spiro atoms. The fourth-order valence-electron chi connectivity index (χ4n) is 1.09. The van der Waals surface area contributed by atoms with E-state index in [1.54, 1.807) is 13.8 Å². The topological polar surface area (TPSA) is 75.7 Å². The first-order chi connectivity index (χ1) is 7.02. The molecule has 6 nitrogen and oxygen atoms in total. The molecular weight excluding hydrogens is 200 g/mol. The maximum atomic E-state index is 11.4. The Balaban J connectivity index is 2.36. The Morgan fingerprint density at radius 2 is 2.20 bits per heavy atom. The summed E-state index contributed by atoms with van der Waals surface area (Å²) in [7, 11) is 0. The van der Waals surface area contributed by atoms with Crippen molar-refractivity contribution in [3.8, 4) is 0 Å². The van der Waals surface area contributed by atoms with Crippen molar-refractivity contribution in [2.24, 2.45) is 5.92 Å². The lowest BCUT2D eigenvalue weighted by molar-refractivity contribution is -0.153. The minimum atomic E-state index is -0.487. The minimum absolute atomic E-state index is 0.273. The van der Waals surface area contributed by atoms with Crippen molar-refractivity contribution >= 4 is 17.9 Å². The first-order valence-electron chi connectivity index (χ1n) is 4.77. The second-order valence-corrected chi connectivity index (χ2v) is 3.54. The van der Waals surface area contributed by atoms with Crippen LogP contribution < -0.4 is 5.32 Å². The molecule has 1 rings (SSSR count). The molecule has 1 fully saturated rings. The number of hydrogen-bond acceptors (Lipinski definition) is 4. The van der Waals surface area contributed by atoms with E-state index >= 15 is 0 Å². The van der Waals surface area contributed by atoms with E-state index in [9.17, 15) is 14.4 Å². The quantitative estimate of drug-likeness (QED) is 0.656. The van der Waals surface area contributed by atoms with E-state index in [-0.39, 0.29) is 12.5 Å². The highest BCUT2D eigenvalue weighted by molar-refractivity contribution is 5.96. The Morgan fingerprint density at radius 3 is 2.67 bits per heavy atom. The maximum absolute atomic E-state index is 11.4. The first kappa shape index (κ1) is 11.5. The molecule has 0 radical (unpaired) electrons. The zero-order valence-electron chi connectivity index (χ0n) is 8.78. The highest BCUT2D eigenvalue weighted by Crippen LogP contribution is 2.00. The number of esters is 1. The average Bonchev–Trinajstić information content (AvgIpc) is 2.60. The van der Waals surface area contributed by atoms with Gasteiger partial charge < -0.3 is 10.1 Å². The van der Waals surface area contributed by atoms with E-state index in [1.165, 1.54) is 0 Å². The van der Waals surface area contributed by atoms with Crippen molar-refractivity contribution in [3.05, 3.63) is 0 Å². The number of imide groups is 1. The summed E-state index contributed by atoms with van der Waals surface area (Å²) in [5, 5.41) is 2.49. The molecule has 0 aliphatic carbocycles. The van der Waals surface area contributed by atoms with Crippen molar-refractivity contribution in [2.45, 2.75) is 13.8 Å². The van der Waals surface area contributed by atoms with Gasteiger partial charge in [-0.15, -0.1) is 0 Å². The van der Waals surface area contributed by atoms with Crippen LogP contribution in [0.4, 0.5) is 4.79 Å². The summed E-state index contributed by atoms with van der Waals surface area (Å²) >= 11 is 0. The van der Waals surface area contributed by atoms with Crippen LogP contribution in [0.25, 0.3) is 0 Å². The van der Waals surface area contributed by atoms with Gasteiger partial charge in [-0.05, 0) is 0 Å². The third-order valence-corrected chi connectivity index (χ3v) is 1.97. The van der Waals surface area contributed by atoms with E-state index in [0.717, 1.165) is 4.90 Å². The zero-order chi connectivity index (χ0) is 11.4. The van der Waals surface area contributed by atoms with Crippen LogP contribution in [0.2, 0.25) is 0 Å². The molecular formula is C9H14N2O4. The monoisotopic (exact) mass is 214 g/mol. The van der Waals surface area contributed by atoms with Crippen LogP contribution in [0.5, 0.6) is 0 Å². The van der Waals surface area contributed by atoms with Crippen LogP contribution in [0.1, 0.15) is 13.8 Å². The van der Waals surface area contributed by atoms with Crippen molar-refractivity contribution in [2.75, 3.05) is 19.7 Å². The average molecular weight is 214 g/mol. The molecule has 1 N–H and O–H groups in total. The van der Waals surface area contributed by atoms with E-state index in [1.807, 2.05) is 0 Å². The maximum Gasteiger partial charge on any atom is 0.324 e. The molecule has 0 atom stereocenters. The van der Waals surface area contributed by atoms with Crippen molar-refractivity contribution in [1.82, 2.24) is 10.2 Å². The standard InChI is InChI=1S/C9H14N2O4/c1-6(2)8(13)15-5-7(12)11-4-3-10-9(11)14/h6H,3-5H2,1-2H3,(H,10,14). The van der Waals surface area contributed by atoms with Gasteiger partial charge in [-0.2, -0.15) is 0 Å². The van der Waals surface area contributed by atoms with Gasteiger partial charge in [-0.1, -0.05) is 13.8 Å². The van der Waals surface area contributed by atoms with Gasteiger partial charge in [-0.3, -0.25) is 14.5 Å². The lowest BCUT2D eigenvalue weighted by atomic mass is 10.2. The second kappa shape index (κ2) is 4.77. The molecule has 0 aromatic rings. The van der Waals surface area contributed by atoms with Crippen LogP contribution in [0.15, 0.2) is 0 Å². The van der Waals surface area contributed by atoms with Gasteiger partial charge >= 0.3 is 12.0 Å². The summed E-state index contributed by atoms with van der Waals surface area (Å²) in [6.45, 7) is 3.76.